The van der Waals surface area contributed by atoms with E-state index in [1.807, 2.05) is 34.1 Å². The first-order chi connectivity index (χ1) is 36.3. The number of piperazine rings is 1. The molecular weight excluding hydrogens is 1010 g/mol. The highest BCUT2D eigenvalue weighted by Gasteiger charge is 2.49. The van der Waals surface area contributed by atoms with Crippen LogP contribution in [0, 0.1) is 17.2 Å². The van der Waals surface area contributed by atoms with E-state index >= 15 is 4.39 Å². The lowest BCUT2D eigenvalue weighted by Crippen LogP contribution is -2.50. The third kappa shape index (κ3) is 13.5. The average Bonchev–Trinajstić information content (AvgIpc) is 3.68. The van der Waals surface area contributed by atoms with E-state index < -0.39 is 43.1 Å². The number of carbonyl (C=O) groups excluding carboxylic acids is 3. The van der Waals surface area contributed by atoms with Crippen molar-refractivity contribution in [3.63, 3.8) is 0 Å². The Balaban J connectivity index is 0.860. The van der Waals surface area contributed by atoms with Crippen LogP contribution in [0.25, 0.3) is 16.6 Å². The lowest BCUT2D eigenvalue weighted by Gasteiger charge is -2.46. The maximum absolute atomic E-state index is 16.2. The van der Waals surface area contributed by atoms with Crippen LogP contribution in [-0.4, -0.2) is 133 Å². The highest BCUT2D eigenvalue weighted by Crippen LogP contribution is 2.46. The maximum atomic E-state index is 16.2. The van der Waals surface area contributed by atoms with Gasteiger partial charge in [-0.1, -0.05) is 62.1 Å². The van der Waals surface area contributed by atoms with Gasteiger partial charge in [-0.05, 0) is 137 Å². The highest BCUT2D eigenvalue weighted by molar-refractivity contribution is 6.76. The van der Waals surface area contributed by atoms with Crippen LogP contribution in [0.5, 0.6) is 5.75 Å². The second-order valence-corrected chi connectivity index (χ2v) is 30.2. The van der Waals surface area contributed by atoms with Crippen molar-refractivity contribution in [2.45, 2.75) is 141 Å². The van der Waals surface area contributed by atoms with Gasteiger partial charge in [-0.15, -0.1) is 0 Å². The van der Waals surface area contributed by atoms with E-state index in [-0.39, 0.29) is 60.4 Å². The molecule has 420 valence electrons. The fourth-order valence-electron chi connectivity index (χ4n) is 11.9. The minimum atomic E-state index is -4.37. The van der Waals surface area contributed by atoms with E-state index in [0.29, 0.717) is 89.4 Å². The van der Waals surface area contributed by atoms with Gasteiger partial charge < -0.3 is 19.1 Å². The Morgan fingerprint density at radius 3 is 2.25 bits per heavy atom. The quantitative estimate of drug-likeness (QED) is 0.0391. The Morgan fingerprint density at radius 1 is 0.922 bits per heavy atom. The summed E-state index contributed by atoms with van der Waals surface area (Å²) in [5.41, 5.74) is 2.21. The van der Waals surface area contributed by atoms with E-state index in [2.05, 4.69) is 68.7 Å². The molecule has 3 saturated heterocycles. The van der Waals surface area contributed by atoms with Crippen LogP contribution in [0.2, 0.25) is 25.7 Å². The summed E-state index contributed by atoms with van der Waals surface area (Å²) in [7, 11) is 1.79. The van der Waals surface area contributed by atoms with E-state index in [0.717, 1.165) is 58.2 Å². The number of hydrogen-bond acceptors (Lipinski definition) is 9. The van der Waals surface area contributed by atoms with Gasteiger partial charge in [0.05, 0.1) is 23.6 Å². The number of aryl methyl sites for hydroxylation is 1. The summed E-state index contributed by atoms with van der Waals surface area (Å²) in [4.78, 5) is 61.2. The van der Waals surface area contributed by atoms with Crippen LogP contribution in [0.3, 0.4) is 0 Å². The number of imide groups is 1. The monoisotopic (exact) mass is 1090 g/mol. The maximum Gasteiger partial charge on any atom is 0.395 e. The van der Waals surface area contributed by atoms with Crippen LogP contribution in [0.1, 0.15) is 107 Å². The second kappa shape index (κ2) is 23.3. The number of ether oxygens (including phenoxy) is 3. The van der Waals surface area contributed by atoms with E-state index in [4.69, 9.17) is 14.2 Å². The zero-order valence-corrected chi connectivity index (χ0v) is 47.7. The van der Waals surface area contributed by atoms with Gasteiger partial charge in [-0.25, -0.2) is 9.18 Å². The number of amides is 3. The number of likely N-dealkylation sites (tertiary alicyclic amines) is 1. The molecule has 3 atom stereocenters. The molecule has 3 aromatic carbocycles. The molecule has 3 amide bonds. The number of imidazole rings is 1. The number of aromatic nitrogens is 2. The Kier molecular flexibility index (Phi) is 17.5. The lowest BCUT2D eigenvalue weighted by atomic mass is 9.67. The minimum absolute atomic E-state index is 0.0286. The van der Waals surface area contributed by atoms with Crippen molar-refractivity contribution >= 4 is 42.4 Å². The summed E-state index contributed by atoms with van der Waals surface area (Å²) < 4.78 is 79.4. The summed E-state index contributed by atoms with van der Waals surface area (Å²) in [6, 6.07) is 19.2. The Morgan fingerprint density at radius 2 is 1.62 bits per heavy atom. The molecular formula is C59H80F4N6O7Si. The van der Waals surface area contributed by atoms with Gasteiger partial charge in [0.2, 0.25) is 11.8 Å². The predicted octanol–water partition coefficient (Wildman–Crippen LogP) is 10.3. The van der Waals surface area contributed by atoms with Gasteiger partial charge in [-0.3, -0.25) is 38.2 Å². The molecule has 3 fully saturated rings. The molecule has 0 N–H and O–H groups in total. The molecule has 1 aliphatic carbocycles. The van der Waals surface area contributed by atoms with Crippen LogP contribution in [-0.2, 0) is 49.4 Å². The van der Waals surface area contributed by atoms with E-state index in [1.54, 1.807) is 20.2 Å². The summed E-state index contributed by atoms with van der Waals surface area (Å²) >= 11 is 0. The van der Waals surface area contributed by atoms with Crippen LogP contribution >= 0.6 is 0 Å². The normalized spacial score (nSPS) is 22.0. The van der Waals surface area contributed by atoms with Gasteiger partial charge >= 0.3 is 11.9 Å². The van der Waals surface area contributed by atoms with Gasteiger partial charge in [0.1, 0.15) is 29.9 Å². The van der Waals surface area contributed by atoms with Crippen LogP contribution in [0.4, 0.5) is 17.6 Å². The summed E-state index contributed by atoms with van der Waals surface area (Å²) in [6.07, 6.45) is 2.13. The largest absolute Gasteiger partial charge is 0.497 e. The number of rotatable bonds is 19. The first-order valence-corrected chi connectivity index (χ1v) is 31.2. The molecule has 0 saturated carbocycles. The van der Waals surface area contributed by atoms with Gasteiger partial charge in [0.15, 0.2) is 0 Å². The molecule has 8 rings (SSSR count). The number of hydrogen-bond donors (Lipinski definition) is 0. The standard InChI is InChI=1S/C59H80F4N6O7Si/c1-56(2,59(61,62)63)39-66(26-24-58(25-31-76-57(3,4)38-58)46-18-20-47(74-6)21-19-46)36-41-10-12-43(13-11-41)44-14-16-45(17-15-44)53(71)67-29-27-65(28-30-67)37-42-34-48(60)52-50(35-42)64(5)55(73)69(52)49-22-23-51(70)68(54(49)72)40-75-32-33-77(7,8)9/h10-14,18-21,34-35,45,49H,15-17,22-33,36-40H2,1-9H3/t45-,49?,58+/m0/s1. The van der Waals surface area contributed by atoms with E-state index in [9.17, 15) is 32.3 Å². The number of allylic oxidation sites excluding steroid dienone is 2. The molecule has 4 aliphatic rings. The fraction of sp³-hybridized carbons (Fsp3) is 0.593. The van der Waals surface area contributed by atoms with Crippen molar-refractivity contribution in [1.29, 1.82) is 0 Å². The fourth-order valence-corrected chi connectivity index (χ4v) is 12.7. The van der Waals surface area contributed by atoms with Crippen molar-refractivity contribution in [2.24, 2.45) is 18.4 Å². The summed E-state index contributed by atoms with van der Waals surface area (Å²) in [5.74, 6) is -0.845. The third-order valence-corrected chi connectivity index (χ3v) is 18.3. The summed E-state index contributed by atoms with van der Waals surface area (Å²) in [6.45, 7) is 17.5. The average molecular weight is 1090 g/mol. The molecule has 77 heavy (non-hydrogen) atoms. The molecule has 18 heteroatoms. The first kappa shape index (κ1) is 58.0. The predicted molar refractivity (Wildman–Crippen MR) is 294 cm³/mol. The second-order valence-electron chi connectivity index (χ2n) is 24.6. The van der Waals surface area contributed by atoms with Crippen LogP contribution < -0.4 is 10.4 Å². The zero-order valence-electron chi connectivity index (χ0n) is 46.7. The molecule has 13 nitrogen and oxygen atoms in total. The van der Waals surface area contributed by atoms with Crippen molar-refractivity contribution in [1.82, 2.24) is 28.7 Å². The number of piperidine rings is 1. The van der Waals surface area contributed by atoms with Gasteiger partial charge in [0.25, 0.3) is 5.91 Å². The zero-order chi connectivity index (χ0) is 55.7. The van der Waals surface area contributed by atoms with Gasteiger partial charge in [0, 0.05) is 91.9 Å². The SMILES string of the molecule is COc1ccc([C@]2(CCN(Cc3ccc(C4=CC[C@H](C(=O)N5CCN(Cc6cc(F)c7c(c6)n(C)c(=O)n7C6CCC(=O)N(COCC[Si](C)(C)C)C6=O)CC5)CC4)cc3)CC(C)(C)C(F)(F)F)CCOC(C)(C)C2)cc1. The number of fused-ring (bicyclic) bond motifs is 1. The van der Waals surface area contributed by atoms with E-state index in [1.165, 1.54) is 29.0 Å². The number of methoxy groups -OCH3 is 1. The molecule has 4 heterocycles. The lowest BCUT2D eigenvalue weighted by molar-refractivity contribution is -0.217. The molecule has 3 aliphatic heterocycles. The van der Waals surface area contributed by atoms with Crippen molar-refractivity contribution in [2.75, 3.05) is 66.3 Å². The Hall–Kier alpha value is -5.14. The van der Waals surface area contributed by atoms with Gasteiger partial charge in [-0.2, -0.15) is 13.2 Å². The Labute approximate surface area is 452 Å². The number of benzene rings is 3. The smallest absolute Gasteiger partial charge is 0.395 e. The molecule has 0 spiro atoms. The molecule has 0 radical (unpaired) electrons. The minimum Gasteiger partial charge on any atom is -0.497 e. The van der Waals surface area contributed by atoms with Crippen LogP contribution in [0.15, 0.2) is 71.5 Å². The van der Waals surface area contributed by atoms with Crippen molar-refractivity contribution in [3.05, 3.63) is 105 Å². The topological polar surface area (TPSA) is 119 Å². The number of alkyl halides is 3. The number of nitrogens with zero attached hydrogens (tertiary/aromatic N) is 6. The number of halogens is 4. The summed E-state index contributed by atoms with van der Waals surface area (Å²) in [5, 5.41) is 0. The number of carbonyl (C=O) groups is 3. The molecule has 0 bridgehead atoms. The molecule has 1 unspecified atom stereocenters. The first-order valence-electron chi connectivity index (χ1n) is 27.5. The molecule has 4 aromatic rings. The molecule has 1 aromatic heterocycles. The Bertz CT molecular complexity index is 2850. The highest BCUT2D eigenvalue weighted by atomic mass is 28.3. The van der Waals surface area contributed by atoms with Crippen molar-refractivity contribution in [3.8, 4) is 5.75 Å². The third-order valence-electron chi connectivity index (χ3n) is 16.6. The van der Waals surface area contributed by atoms with Crippen molar-refractivity contribution < 1.29 is 46.2 Å².